The normalized spacial score (nSPS) is 13.5. The average Bonchev–Trinajstić information content (AvgIpc) is 2.55. The zero-order valence-corrected chi connectivity index (χ0v) is 15.5. The predicted octanol–water partition coefficient (Wildman–Crippen LogP) is 3.26. The Bertz CT molecular complexity index is 378. The Kier molecular flexibility index (Phi) is 13.7. The molecule has 2 unspecified atom stereocenters. The quantitative estimate of drug-likeness (QED) is 0.435. The van der Waals surface area contributed by atoms with Gasteiger partial charge in [0.05, 0.1) is 6.10 Å². The van der Waals surface area contributed by atoms with E-state index >= 15 is 0 Å². The van der Waals surface area contributed by atoms with E-state index in [-0.39, 0.29) is 29.4 Å². The van der Waals surface area contributed by atoms with Gasteiger partial charge in [-0.05, 0) is 44.9 Å². The van der Waals surface area contributed by atoms with Gasteiger partial charge in [-0.15, -0.1) is 0 Å². The molecule has 0 amide bonds. The Balaban J connectivity index is 4.09. The molecule has 0 radical (unpaired) electrons. The second-order valence-corrected chi connectivity index (χ2v) is 6.62. The van der Waals surface area contributed by atoms with Gasteiger partial charge in [-0.2, -0.15) is 0 Å². The van der Waals surface area contributed by atoms with Crippen LogP contribution in [0.2, 0.25) is 0 Å². The molecule has 5 heteroatoms. The third-order valence-corrected chi connectivity index (χ3v) is 4.30. The van der Waals surface area contributed by atoms with E-state index in [9.17, 15) is 19.5 Å². The Hall–Kier alpha value is -1.07. The largest absolute Gasteiger partial charge is 0.393 e. The summed E-state index contributed by atoms with van der Waals surface area (Å²) in [6.07, 6.45) is 5.01. The van der Waals surface area contributed by atoms with Gasteiger partial charge in [-0.25, -0.2) is 0 Å². The number of carbonyl (C=O) groups excluding carboxylic acids is 3. The fourth-order valence-corrected chi connectivity index (χ4v) is 2.65. The van der Waals surface area contributed by atoms with Gasteiger partial charge in [0.1, 0.15) is 17.3 Å². The zero-order chi connectivity index (χ0) is 18.4. The van der Waals surface area contributed by atoms with E-state index in [2.05, 4.69) is 0 Å². The van der Waals surface area contributed by atoms with Crippen molar-refractivity contribution in [3.05, 3.63) is 0 Å². The fourth-order valence-electron chi connectivity index (χ4n) is 2.65. The van der Waals surface area contributed by atoms with E-state index in [1.807, 2.05) is 6.92 Å². The number of ether oxygens (including phenoxy) is 1. The molecule has 24 heavy (non-hydrogen) atoms. The highest BCUT2D eigenvalue weighted by Crippen LogP contribution is 2.22. The summed E-state index contributed by atoms with van der Waals surface area (Å²) >= 11 is 0. The summed E-state index contributed by atoms with van der Waals surface area (Å²) in [5, 5.41) is 9.81. The van der Waals surface area contributed by atoms with Gasteiger partial charge in [0, 0.05) is 45.8 Å². The lowest BCUT2D eigenvalue weighted by atomic mass is 9.89. The number of hydrogen-bond acceptors (Lipinski definition) is 5. The van der Waals surface area contributed by atoms with Crippen LogP contribution in [0, 0.1) is 5.92 Å². The van der Waals surface area contributed by atoms with E-state index in [1.165, 1.54) is 0 Å². The van der Waals surface area contributed by atoms with Crippen molar-refractivity contribution in [1.82, 2.24) is 0 Å². The first-order chi connectivity index (χ1) is 11.4. The molecule has 0 aliphatic rings. The summed E-state index contributed by atoms with van der Waals surface area (Å²) in [5.41, 5.74) is 0. The lowest BCUT2D eigenvalue weighted by Crippen LogP contribution is -2.15. The van der Waals surface area contributed by atoms with Crippen LogP contribution in [0.3, 0.4) is 0 Å². The van der Waals surface area contributed by atoms with Crippen LogP contribution in [0.1, 0.15) is 78.1 Å². The number of Topliss-reactive ketones (excluding diaryl/α,β-unsaturated/α-hetero) is 3. The third kappa shape index (κ3) is 13.4. The average molecular weight is 342 g/mol. The molecule has 0 fully saturated rings. The van der Waals surface area contributed by atoms with Crippen molar-refractivity contribution in [3.63, 3.8) is 0 Å². The minimum Gasteiger partial charge on any atom is -0.393 e. The molecule has 0 aromatic rings. The topological polar surface area (TPSA) is 80.7 Å². The van der Waals surface area contributed by atoms with Crippen molar-refractivity contribution in [3.8, 4) is 0 Å². The molecular weight excluding hydrogens is 308 g/mol. The molecule has 0 aromatic carbocycles. The van der Waals surface area contributed by atoms with E-state index in [0.717, 1.165) is 6.42 Å². The first-order valence-corrected chi connectivity index (χ1v) is 9.08. The standard InChI is InChI=1S/C19H34O5/c1-4-17(21)14-16(8-7-15(2)20)9-10-19(23)12-11-18(22)6-5-13-24-3/h16-17,21H,4-14H2,1-3H3. The van der Waals surface area contributed by atoms with Crippen molar-refractivity contribution in [2.75, 3.05) is 13.7 Å². The monoisotopic (exact) mass is 342 g/mol. The van der Waals surface area contributed by atoms with Crippen molar-refractivity contribution in [1.29, 1.82) is 0 Å². The van der Waals surface area contributed by atoms with Crippen LogP contribution < -0.4 is 0 Å². The Morgan fingerprint density at radius 2 is 1.54 bits per heavy atom. The number of hydrogen-bond donors (Lipinski definition) is 1. The summed E-state index contributed by atoms with van der Waals surface area (Å²) in [4.78, 5) is 34.8. The molecule has 0 aliphatic carbocycles. The number of aliphatic hydroxyl groups is 1. The molecule has 5 nitrogen and oxygen atoms in total. The van der Waals surface area contributed by atoms with Crippen LogP contribution in [0.15, 0.2) is 0 Å². The number of aliphatic hydroxyl groups excluding tert-OH is 1. The second-order valence-electron chi connectivity index (χ2n) is 6.62. The smallest absolute Gasteiger partial charge is 0.133 e. The van der Waals surface area contributed by atoms with Gasteiger partial charge >= 0.3 is 0 Å². The highest BCUT2D eigenvalue weighted by Gasteiger charge is 2.16. The molecule has 0 saturated carbocycles. The molecule has 0 saturated heterocycles. The first kappa shape index (κ1) is 22.9. The summed E-state index contributed by atoms with van der Waals surface area (Å²) in [5.74, 6) is 0.521. The van der Waals surface area contributed by atoms with Gasteiger partial charge in [0.2, 0.25) is 0 Å². The third-order valence-electron chi connectivity index (χ3n) is 4.30. The number of methoxy groups -OCH3 is 1. The summed E-state index contributed by atoms with van der Waals surface area (Å²) in [7, 11) is 1.60. The summed E-state index contributed by atoms with van der Waals surface area (Å²) in [6, 6.07) is 0. The maximum atomic E-state index is 12.0. The molecular formula is C19H34O5. The predicted molar refractivity (Wildman–Crippen MR) is 93.9 cm³/mol. The highest BCUT2D eigenvalue weighted by atomic mass is 16.5. The summed E-state index contributed by atoms with van der Waals surface area (Å²) in [6.45, 7) is 4.05. The van der Waals surface area contributed by atoms with Gasteiger partial charge < -0.3 is 14.6 Å². The molecule has 2 atom stereocenters. The Morgan fingerprint density at radius 1 is 0.958 bits per heavy atom. The van der Waals surface area contributed by atoms with Crippen LogP contribution >= 0.6 is 0 Å². The lowest BCUT2D eigenvalue weighted by Gasteiger charge is -2.19. The van der Waals surface area contributed by atoms with Gasteiger partial charge in [0.15, 0.2) is 0 Å². The second kappa shape index (κ2) is 14.3. The maximum Gasteiger partial charge on any atom is 0.133 e. The SMILES string of the molecule is CCC(O)CC(CCC(C)=O)CCC(=O)CCC(=O)CCCOC. The van der Waals surface area contributed by atoms with Gasteiger partial charge in [-0.1, -0.05) is 6.92 Å². The van der Waals surface area contributed by atoms with Crippen LogP contribution in [0.5, 0.6) is 0 Å². The number of ketones is 3. The molecule has 140 valence electrons. The lowest BCUT2D eigenvalue weighted by molar-refractivity contribution is -0.124. The van der Waals surface area contributed by atoms with Crippen LogP contribution in [0.25, 0.3) is 0 Å². The Morgan fingerprint density at radius 3 is 2.08 bits per heavy atom. The Labute approximate surface area is 146 Å². The summed E-state index contributed by atoms with van der Waals surface area (Å²) < 4.78 is 4.90. The molecule has 1 N–H and O–H groups in total. The molecule has 0 aliphatic heterocycles. The van der Waals surface area contributed by atoms with Crippen molar-refractivity contribution in [2.45, 2.75) is 84.2 Å². The maximum absolute atomic E-state index is 12.0. The van der Waals surface area contributed by atoms with E-state index in [0.29, 0.717) is 64.4 Å². The minimum absolute atomic E-state index is 0.0916. The van der Waals surface area contributed by atoms with Gasteiger partial charge in [-0.3, -0.25) is 9.59 Å². The molecule has 0 spiro atoms. The molecule has 0 aromatic heterocycles. The van der Waals surface area contributed by atoms with Gasteiger partial charge in [0.25, 0.3) is 0 Å². The first-order valence-electron chi connectivity index (χ1n) is 9.08. The van der Waals surface area contributed by atoms with E-state index in [1.54, 1.807) is 14.0 Å². The van der Waals surface area contributed by atoms with Crippen molar-refractivity contribution >= 4 is 17.3 Å². The molecule has 0 heterocycles. The van der Waals surface area contributed by atoms with E-state index in [4.69, 9.17) is 4.74 Å². The number of rotatable bonds is 16. The van der Waals surface area contributed by atoms with Crippen LogP contribution in [-0.2, 0) is 19.1 Å². The van der Waals surface area contributed by atoms with Crippen molar-refractivity contribution in [2.24, 2.45) is 5.92 Å². The minimum atomic E-state index is -0.376. The fraction of sp³-hybridized carbons (Fsp3) is 0.842. The highest BCUT2D eigenvalue weighted by molar-refractivity contribution is 5.85. The van der Waals surface area contributed by atoms with E-state index < -0.39 is 0 Å². The molecule has 0 bridgehead atoms. The van der Waals surface area contributed by atoms with Crippen LogP contribution in [-0.4, -0.2) is 42.3 Å². The molecule has 0 rings (SSSR count). The van der Waals surface area contributed by atoms with Crippen molar-refractivity contribution < 1.29 is 24.2 Å². The van der Waals surface area contributed by atoms with Crippen LogP contribution in [0.4, 0.5) is 0 Å². The number of carbonyl (C=O) groups is 3. The zero-order valence-electron chi connectivity index (χ0n) is 15.5.